The number of halogens is 3. The molecule has 4 heteroatoms. The van der Waals surface area contributed by atoms with Gasteiger partial charge in [-0.05, 0) is 43.9 Å². The molecule has 2 aromatic rings. The minimum absolute atomic E-state index is 0. The molecule has 0 radical (unpaired) electrons. The number of rotatable bonds is 2. The number of aryl methyl sites for hydroxylation is 3. The van der Waals surface area contributed by atoms with E-state index in [-0.39, 0.29) is 58.9 Å². The summed E-state index contributed by atoms with van der Waals surface area (Å²) in [4.78, 5) is 0. The second-order valence-electron chi connectivity index (χ2n) is 4.35. The van der Waals surface area contributed by atoms with Crippen LogP contribution < -0.4 is 37.2 Å². The molecule has 0 heterocycles. The summed E-state index contributed by atoms with van der Waals surface area (Å²) in [5.41, 5.74) is 7.07. The molecular formula is C15H17Cl3Ti. The normalized spacial score (nSPS) is 8.37. The van der Waals surface area contributed by atoms with Gasteiger partial charge in [0.1, 0.15) is 0 Å². The first-order valence-corrected chi connectivity index (χ1v) is 5.44. The summed E-state index contributed by atoms with van der Waals surface area (Å²) in [6.07, 6.45) is 1.06. The largest absolute Gasteiger partial charge is 4.00 e. The van der Waals surface area contributed by atoms with E-state index in [1.165, 1.54) is 27.8 Å². The Balaban J connectivity index is -0.000000640. The number of hydrogen-bond donors (Lipinski definition) is 0. The molecule has 0 spiro atoms. The smallest absolute Gasteiger partial charge is 1.00 e. The molecule has 0 amide bonds. The van der Waals surface area contributed by atoms with Crippen molar-refractivity contribution in [2.24, 2.45) is 0 Å². The number of hydrogen-bond acceptors (Lipinski definition) is 0. The van der Waals surface area contributed by atoms with Crippen LogP contribution in [0, 0.1) is 20.8 Å². The summed E-state index contributed by atoms with van der Waals surface area (Å²) < 4.78 is 0. The van der Waals surface area contributed by atoms with Crippen molar-refractivity contribution in [1.82, 2.24) is 0 Å². The molecule has 0 aliphatic carbocycles. The molecule has 0 bridgehead atoms. The minimum Gasteiger partial charge on any atom is -1.00 e. The molecule has 0 aliphatic heterocycles. The van der Waals surface area contributed by atoms with Gasteiger partial charge in [-0.2, -0.15) is 17.7 Å². The van der Waals surface area contributed by atoms with Crippen LogP contribution >= 0.6 is 0 Å². The molecular weight excluding hydrogens is 334 g/mol. The fourth-order valence-electron chi connectivity index (χ4n) is 2.22. The molecule has 0 saturated heterocycles. The molecule has 0 nitrogen and oxygen atoms in total. The first-order chi connectivity index (χ1) is 7.16. The third kappa shape index (κ3) is 6.43. The van der Waals surface area contributed by atoms with Gasteiger partial charge in [-0.1, -0.05) is 17.7 Å². The molecule has 0 saturated carbocycles. The van der Waals surface area contributed by atoms with Crippen molar-refractivity contribution in [2.45, 2.75) is 27.2 Å². The van der Waals surface area contributed by atoms with Crippen LogP contribution in [0.2, 0.25) is 0 Å². The van der Waals surface area contributed by atoms with Crippen molar-refractivity contribution in [3.05, 3.63) is 64.2 Å². The summed E-state index contributed by atoms with van der Waals surface area (Å²) in [6.45, 7) is 6.57. The monoisotopic (exact) mass is 350 g/mol. The zero-order valence-electron chi connectivity index (χ0n) is 11.3. The van der Waals surface area contributed by atoms with E-state index in [9.17, 15) is 0 Å². The van der Waals surface area contributed by atoms with E-state index in [1.807, 2.05) is 0 Å². The van der Waals surface area contributed by atoms with E-state index in [2.05, 4.69) is 57.2 Å². The van der Waals surface area contributed by atoms with Crippen LogP contribution in [-0.4, -0.2) is 0 Å². The zero-order chi connectivity index (χ0) is 10.8. The van der Waals surface area contributed by atoms with Crippen LogP contribution in [-0.2, 0) is 28.1 Å². The van der Waals surface area contributed by atoms with E-state index in [1.54, 1.807) is 0 Å². The molecule has 2 rings (SSSR count). The second kappa shape index (κ2) is 10.9. The summed E-state index contributed by atoms with van der Waals surface area (Å²) in [6, 6.07) is 13.1. The maximum atomic E-state index is 2.27. The van der Waals surface area contributed by atoms with Crippen molar-refractivity contribution in [2.75, 3.05) is 0 Å². The molecule has 0 fully saturated rings. The average Bonchev–Trinajstić information content (AvgIpc) is 2.63. The molecule has 19 heavy (non-hydrogen) atoms. The first-order valence-electron chi connectivity index (χ1n) is 5.44. The Bertz CT molecular complexity index is 441. The van der Waals surface area contributed by atoms with Crippen LogP contribution in [0.4, 0.5) is 0 Å². The van der Waals surface area contributed by atoms with Gasteiger partial charge in [0.15, 0.2) is 0 Å². The average molecular weight is 352 g/mol. The van der Waals surface area contributed by atoms with E-state index in [4.69, 9.17) is 0 Å². The molecule has 2 aromatic carbocycles. The molecule has 0 N–H and O–H groups in total. The Kier molecular flexibility index (Phi) is 13.9. The maximum absolute atomic E-state index is 2.27. The minimum atomic E-state index is 0. The van der Waals surface area contributed by atoms with E-state index < -0.39 is 0 Å². The van der Waals surface area contributed by atoms with E-state index in [0.29, 0.717) is 0 Å². The molecule has 0 aliphatic rings. The SMILES string of the molecule is Cc1cc(C)c(C[c-]2cccc2)c(C)c1.[Cl-].[Cl-].[Cl-].[Ti+4]. The van der Waals surface area contributed by atoms with Crippen LogP contribution in [0.1, 0.15) is 27.8 Å². The van der Waals surface area contributed by atoms with Crippen LogP contribution in [0.25, 0.3) is 0 Å². The maximum Gasteiger partial charge on any atom is 4.00 e. The third-order valence-corrected chi connectivity index (χ3v) is 2.95. The van der Waals surface area contributed by atoms with Crippen molar-refractivity contribution in [1.29, 1.82) is 0 Å². The van der Waals surface area contributed by atoms with Gasteiger partial charge in [-0.15, -0.1) is 0 Å². The summed E-state index contributed by atoms with van der Waals surface area (Å²) in [5.74, 6) is 0. The fraction of sp³-hybridized carbons (Fsp3) is 0.267. The van der Waals surface area contributed by atoms with Crippen LogP contribution in [0.5, 0.6) is 0 Å². The van der Waals surface area contributed by atoms with Gasteiger partial charge in [-0.3, -0.25) is 0 Å². The summed E-state index contributed by atoms with van der Waals surface area (Å²) in [7, 11) is 0. The molecule has 0 aromatic heterocycles. The van der Waals surface area contributed by atoms with Gasteiger partial charge in [0.2, 0.25) is 0 Å². The third-order valence-electron chi connectivity index (χ3n) is 2.95. The van der Waals surface area contributed by atoms with Crippen molar-refractivity contribution in [3.63, 3.8) is 0 Å². The van der Waals surface area contributed by atoms with E-state index in [0.717, 1.165) is 6.42 Å². The van der Waals surface area contributed by atoms with Gasteiger partial charge in [0.25, 0.3) is 0 Å². The van der Waals surface area contributed by atoms with Crippen molar-refractivity contribution in [3.8, 4) is 0 Å². The summed E-state index contributed by atoms with van der Waals surface area (Å²) in [5, 5.41) is 0. The van der Waals surface area contributed by atoms with Gasteiger partial charge >= 0.3 is 21.7 Å². The standard InChI is InChI=1S/C15H17.3ClH.Ti/c1-11-8-12(2)15(13(3)9-11)10-14-6-4-5-7-14;;;;/h4-9H,10H2,1-3H3;3*1H;/q-1;;;;+4/p-3. The van der Waals surface area contributed by atoms with Gasteiger partial charge in [-0.25, -0.2) is 12.1 Å². The van der Waals surface area contributed by atoms with Gasteiger partial charge in [0, 0.05) is 0 Å². The Labute approximate surface area is 149 Å². The van der Waals surface area contributed by atoms with Crippen molar-refractivity contribution < 1.29 is 58.9 Å². The summed E-state index contributed by atoms with van der Waals surface area (Å²) >= 11 is 0. The van der Waals surface area contributed by atoms with Crippen molar-refractivity contribution >= 4 is 0 Å². The Hall–Kier alpha value is 0.154. The Morgan fingerprint density at radius 1 is 0.842 bits per heavy atom. The van der Waals surface area contributed by atoms with Crippen LogP contribution in [0.3, 0.4) is 0 Å². The number of benzene rings is 1. The van der Waals surface area contributed by atoms with E-state index >= 15 is 0 Å². The van der Waals surface area contributed by atoms with Gasteiger partial charge < -0.3 is 37.2 Å². The Morgan fingerprint density at radius 3 is 1.68 bits per heavy atom. The van der Waals surface area contributed by atoms with Gasteiger partial charge in [0.05, 0.1) is 0 Å². The van der Waals surface area contributed by atoms with Crippen LogP contribution in [0.15, 0.2) is 36.4 Å². The zero-order valence-corrected chi connectivity index (χ0v) is 15.1. The topological polar surface area (TPSA) is 0 Å². The molecule has 102 valence electrons. The molecule has 0 atom stereocenters. The predicted molar refractivity (Wildman–Crippen MR) is 65.5 cm³/mol. The quantitative estimate of drug-likeness (QED) is 0.375. The fourth-order valence-corrected chi connectivity index (χ4v) is 2.22. The predicted octanol–water partition coefficient (Wildman–Crippen LogP) is -5.07. The Morgan fingerprint density at radius 2 is 1.26 bits per heavy atom. The molecule has 0 unspecified atom stereocenters. The second-order valence-corrected chi connectivity index (χ2v) is 4.35. The first kappa shape index (κ1) is 24.2.